The maximum Gasteiger partial charge on any atom is 0.125 e. The van der Waals surface area contributed by atoms with Gasteiger partial charge in [0.15, 0.2) is 0 Å². The van der Waals surface area contributed by atoms with Crippen molar-refractivity contribution in [2.24, 2.45) is 0 Å². The van der Waals surface area contributed by atoms with Crippen LogP contribution in [0.3, 0.4) is 0 Å². The number of hydrogen-bond acceptors (Lipinski definition) is 4. The lowest BCUT2D eigenvalue weighted by Crippen LogP contribution is -2.49. The number of ether oxygens (including phenoxy) is 2. The molecule has 19 heavy (non-hydrogen) atoms. The molecule has 0 bridgehead atoms. The van der Waals surface area contributed by atoms with Crippen molar-refractivity contribution in [3.8, 4) is 11.5 Å². The van der Waals surface area contributed by atoms with Crippen LogP contribution in [0.1, 0.15) is 12.0 Å². The number of hydrogen-bond donors (Lipinski definition) is 1. The average Bonchev–Trinajstić information content (AvgIpc) is 2.46. The van der Waals surface area contributed by atoms with Crippen molar-refractivity contribution in [2.45, 2.75) is 18.9 Å². The van der Waals surface area contributed by atoms with E-state index in [0.717, 1.165) is 44.0 Å². The number of likely N-dealkylation sites (N-methyl/N-ethyl adjacent to an activating group) is 1. The maximum atomic E-state index is 5.45. The Hall–Kier alpha value is -1.26. The molecular formula is C15H24N2O2. The fourth-order valence-corrected chi connectivity index (χ4v) is 2.57. The van der Waals surface area contributed by atoms with Gasteiger partial charge in [-0.15, -0.1) is 0 Å². The Kier molecular flexibility index (Phi) is 5.05. The molecule has 0 amide bonds. The number of rotatable bonds is 5. The van der Waals surface area contributed by atoms with Gasteiger partial charge in [0.1, 0.15) is 11.5 Å². The van der Waals surface area contributed by atoms with Crippen LogP contribution in [0, 0.1) is 0 Å². The maximum absolute atomic E-state index is 5.45. The first-order valence-electron chi connectivity index (χ1n) is 6.86. The number of nitrogens with zero attached hydrogens (tertiary/aromatic N) is 1. The SMILES string of the molecule is COc1ccc(CCC2CNCCN2C)c(OC)c1. The zero-order valence-electron chi connectivity index (χ0n) is 12.1. The van der Waals surface area contributed by atoms with E-state index in [4.69, 9.17) is 9.47 Å². The molecule has 106 valence electrons. The molecule has 0 aromatic heterocycles. The minimum Gasteiger partial charge on any atom is -0.497 e. The van der Waals surface area contributed by atoms with Crippen LogP contribution in [-0.2, 0) is 6.42 Å². The summed E-state index contributed by atoms with van der Waals surface area (Å²) in [5.41, 5.74) is 1.25. The highest BCUT2D eigenvalue weighted by Gasteiger charge is 2.18. The fourth-order valence-electron chi connectivity index (χ4n) is 2.57. The van der Waals surface area contributed by atoms with Gasteiger partial charge in [-0.25, -0.2) is 0 Å². The number of aryl methyl sites for hydroxylation is 1. The first kappa shape index (κ1) is 14.2. The standard InChI is InChI=1S/C15H24N2O2/c1-17-9-8-16-11-13(17)6-4-12-5-7-14(18-2)10-15(12)19-3/h5,7,10,13,16H,4,6,8-9,11H2,1-3H3. The molecule has 4 heteroatoms. The summed E-state index contributed by atoms with van der Waals surface area (Å²) in [6.07, 6.45) is 2.18. The van der Waals surface area contributed by atoms with Crippen molar-refractivity contribution in [1.29, 1.82) is 0 Å². The first-order chi connectivity index (χ1) is 9.24. The van der Waals surface area contributed by atoms with Gasteiger partial charge in [-0.3, -0.25) is 0 Å². The minimum atomic E-state index is 0.612. The Morgan fingerprint density at radius 3 is 2.84 bits per heavy atom. The molecule has 1 heterocycles. The molecule has 0 aliphatic carbocycles. The molecule has 0 spiro atoms. The van der Waals surface area contributed by atoms with Gasteiger partial charge in [0, 0.05) is 31.7 Å². The second kappa shape index (κ2) is 6.78. The van der Waals surface area contributed by atoms with Gasteiger partial charge in [0.05, 0.1) is 14.2 Å². The predicted octanol–water partition coefficient (Wildman–Crippen LogP) is 1.54. The molecule has 1 atom stereocenters. The molecule has 1 aromatic carbocycles. The summed E-state index contributed by atoms with van der Waals surface area (Å²) in [7, 11) is 5.60. The molecule has 1 aromatic rings. The van der Waals surface area contributed by atoms with E-state index in [-0.39, 0.29) is 0 Å². The number of nitrogens with one attached hydrogen (secondary N) is 1. The Labute approximate surface area is 115 Å². The van der Waals surface area contributed by atoms with Crippen LogP contribution in [0.2, 0.25) is 0 Å². The molecule has 2 rings (SSSR count). The highest BCUT2D eigenvalue weighted by atomic mass is 16.5. The zero-order valence-corrected chi connectivity index (χ0v) is 12.1. The largest absolute Gasteiger partial charge is 0.497 e. The molecule has 1 N–H and O–H groups in total. The summed E-state index contributed by atoms with van der Waals surface area (Å²) in [5.74, 6) is 1.77. The summed E-state index contributed by atoms with van der Waals surface area (Å²) < 4.78 is 10.7. The van der Waals surface area contributed by atoms with Gasteiger partial charge >= 0.3 is 0 Å². The summed E-state index contributed by atoms with van der Waals surface area (Å²) in [5, 5.41) is 3.46. The van der Waals surface area contributed by atoms with Crippen molar-refractivity contribution in [1.82, 2.24) is 10.2 Å². The van der Waals surface area contributed by atoms with Crippen LogP contribution in [0.4, 0.5) is 0 Å². The Morgan fingerprint density at radius 1 is 1.32 bits per heavy atom. The van der Waals surface area contributed by atoms with Crippen molar-refractivity contribution < 1.29 is 9.47 Å². The average molecular weight is 264 g/mol. The monoisotopic (exact) mass is 264 g/mol. The van der Waals surface area contributed by atoms with Crippen LogP contribution < -0.4 is 14.8 Å². The van der Waals surface area contributed by atoms with E-state index in [2.05, 4.69) is 23.3 Å². The molecule has 0 saturated carbocycles. The van der Waals surface area contributed by atoms with E-state index in [1.165, 1.54) is 5.56 Å². The van der Waals surface area contributed by atoms with E-state index < -0.39 is 0 Å². The Balaban J connectivity index is 1.98. The van der Waals surface area contributed by atoms with Gasteiger partial charge in [-0.1, -0.05) is 6.07 Å². The summed E-state index contributed by atoms with van der Waals surface area (Å²) in [4.78, 5) is 2.44. The lowest BCUT2D eigenvalue weighted by Gasteiger charge is -2.33. The van der Waals surface area contributed by atoms with Crippen molar-refractivity contribution >= 4 is 0 Å². The predicted molar refractivity (Wildman–Crippen MR) is 77.2 cm³/mol. The summed E-state index contributed by atoms with van der Waals surface area (Å²) >= 11 is 0. The minimum absolute atomic E-state index is 0.612. The second-order valence-electron chi connectivity index (χ2n) is 5.06. The van der Waals surface area contributed by atoms with E-state index >= 15 is 0 Å². The van der Waals surface area contributed by atoms with Gasteiger partial charge in [-0.2, -0.15) is 0 Å². The van der Waals surface area contributed by atoms with Crippen LogP contribution in [0.25, 0.3) is 0 Å². The Morgan fingerprint density at radius 2 is 2.16 bits per heavy atom. The fraction of sp³-hybridized carbons (Fsp3) is 0.600. The molecule has 1 unspecified atom stereocenters. The van der Waals surface area contributed by atoms with Crippen LogP contribution in [0.5, 0.6) is 11.5 Å². The highest BCUT2D eigenvalue weighted by Crippen LogP contribution is 2.26. The summed E-state index contributed by atoms with van der Waals surface area (Å²) in [6, 6.07) is 6.67. The molecule has 1 saturated heterocycles. The number of piperazine rings is 1. The third-order valence-corrected chi connectivity index (χ3v) is 3.89. The topological polar surface area (TPSA) is 33.7 Å². The van der Waals surface area contributed by atoms with E-state index in [1.54, 1.807) is 14.2 Å². The van der Waals surface area contributed by atoms with Gasteiger partial charge in [0.25, 0.3) is 0 Å². The zero-order chi connectivity index (χ0) is 13.7. The normalized spacial score (nSPS) is 20.3. The quantitative estimate of drug-likeness (QED) is 0.874. The van der Waals surface area contributed by atoms with Gasteiger partial charge in [0.2, 0.25) is 0 Å². The van der Waals surface area contributed by atoms with Crippen molar-refractivity contribution in [2.75, 3.05) is 40.9 Å². The molecule has 1 aliphatic heterocycles. The molecular weight excluding hydrogens is 240 g/mol. The number of benzene rings is 1. The molecule has 1 aliphatic rings. The van der Waals surface area contributed by atoms with Crippen LogP contribution >= 0.6 is 0 Å². The highest BCUT2D eigenvalue weighted by molar-refractivity contribution is 5.40. The number of methoxy groups -OCH3 is 2. The van der Waals surface area contributed by atoms with Crippen LogP contribution in [0.15, 0.2) is 18.2 Å². The first-order valence-corrected chi connectivity index (χ1v) is 6.86. The van der Waals surface area contributed by atoms with E-state index in [9.17, 15) is 0 Å². The lowest BCUT2D eigenvalue weighted by molar-refractivity contribution is 0.190. The van der Waals surface area contributed by atoms with Gasteiger partial charge < -0.3 is 19.7 Å². The summed E-state index contributed by atoms with van der Waals surface area (Å²) in [6.45, 7) is 3.30. The third kappa shape index (κ3) is 3.61. The molecule has 4 nitrogen and oxygen atoms in total. The van der Waals surface area contributed by atoms with Crippen molar-refractivity contribution in [3.63, 3.8) is 0 Å². The van der Waals surface area contributed by atoms with E-state index in [0.29, 0.717) is 6.04 Å². The Bertz CT molecular complexity index is 409. The third-order valence-electron chi connectivity index (χ3n) is 3.89. The smallest absolute Gasteiger partial charge is 0.125 e. The van der Waals surface area contributed by atoms with Gasteiger partial charge in [-0.05, 0) is 31.5 Å². The van der Waals surface area contributed by atoms with Crippen LogP contribution in [-0.4, -0.2) is 51.8 Å². The van der Waals surface area contributed by atoms with E-state index in [1.807, 2.05) is 12.1 Å². The molecule has 0 radical (unpaired) electrons. The van der Waals surface area contributed by atoms with Crippen molar-refractivity contribution in [3.05, 3.63) is 23.8 Å². The lowest BCUT2D eigenvalue weighted by atomic mass is 10.0. The molecule has 1 fully saturated rings. The second-order valence-corrected chi connectivity index (χ2v) is 5.06.